The fourth-order valence-electron chi connectivity index (χ4n) is 7.57. The summed E-state index contributed by atoms with van der Waals surface area (Å²) in [5.41, 5.74) is 1.63. The van der Waals surface area contributed by atoms with E-state index in [9.17, 15) is 9.59 Å². The van der Waals surface area contributed by atoms with Gasteiger partial charge in [-0.15, -0.1) is 0 Å². The number of fused-ring (bicyclic) bond motifs is 5. The summed E-state index contributed by atoms with van der Waals surface area (Å²) in [6, 6.07) is 34.0. The highest BCUT2D eigenvalue weighted by molar-refractivity contribution is 6.35. The zero-order valence-corrected chi connectivity index (χ0v) is 22.6. The van der Waals surface area contributed by atoms with Gasteiger partial charge in [0.15, 0.2) is 5.78 Å². The average molecular weight is 542 g/mol. The fourth-order valence-corrected chi connectivity index (χ4v) is 7.57. The molecule has 2 fully saturated rings. The molecule has 0 radical (unpaired) electrons. The molecule has 0 aromatic heterocycles. The first-order valence-corrected chi connectivity index (χ1v) is 13.5. The van der Waals surface area contributed by atoms with Crippen LogP contribution in [0.3, 0.4) is 0 Å². The predicted molar refractivity (Wildman–Crippen MR) is 154 cm³/mol. The van der Waals surface area contributed by atoms with E-state index in [1.807, 2.05) is 109 Å². The molecule has 1 saturated carbocycles. The van der Waals surface area contributed by atoms with Crippen LogP contribution in [0.4, 0.5) is 0 Å². The number of allylic oxidation sites excluding steroid dienone is 2. The van der Waals surface area contributed by atoms with Crippen molar-refractivity contribution < 1.29 is 23.9 Å². The minimum Gasteiger partial charge on any atom is -0.497 e. The molecular weight excluding hydrogens is 514 g/mol. The summed E-state index contributed by atoms with van der Waals surface area (Å²) >= 11 is 0. The van der Waals surface area contributed by atoms with Crippen LogP contribution in [0.5, 0.6) is 11.5 Å². The van der Waals surface area contributed by atoms with Crippen molar-refractivity contribution in [2.75, 3.05) is 14.2 Å². The molecule has 1 saturated heterocycles. The Labute approximate surface area is 237 Å². The second kappa shape index (κ2) is 9.03. The zero-order chi connectivity index (χ0) is 28.4. The maximum Gasteiger partial charge on any atom is 0.232 e. The summed E-state index contributed by atoms with van der Waals surface area (Å²) in [6.07, 6.45) is 0. The minimum atomic E-state index is -1.40. The number of hydrogen-bond donors (Lipinski definition) is 1. The van der Waals surface area contributed by atoms with Crippen LogP contribution >= 0.6 is 0 Å². The zero-order valence-electron chi connectivity index (χ0n) is 22.6. The quantitative estimate of drug-likeness (QED) is 0.349. The molecule has 4 aromatic rings. The summed E-state index contributed by atoms with van der Waals surface area (Å²) in [5.74, 6) is -1.48. The van der Waals surface area contributed by atoms with E-state index < -0.39 is 34.5 Å². The average Bonchev–Trinajstić information content (AvgIpc) is 3.56. The third kappa shape index (κ3) is 3.10. The molecule has 0 spiro atoms. The molecule has 1 heterocycles. The molecule has 2 aliphatic carbocycles. The molecule has 2 amide bonds. The molecule has 7 rings (SSSR count). The molecule has 4 aromatic carbocycles. The number of imide groups is 1. The Morgan fingerprint density at radius 2 is 0.902 bits per heavy atom. The Morgan fingerprint density at radius 3 is 1.24 bits per heavy atom. The fraction of sp³-hybridized carbons (Fsp3) is 0.171. The summed E-state index contributed by atoms with van der Waals surface area (Å²) in [6.45, 7) is 0. The number of rotatable bonds is 6. The molecule has 4 atom stereocenters. The largest absolute Gasteiger partial charge is 0.497 e. The van der Waals surface area contributed by atoms with Crippen molar-refractivity contribution in [2.24, 2.45) is 11.8 Å². The van der Waals surface area contributed by atoms with Crippen molar-refractivity contribution in [3.63, 3.8) is 0 Å². The molecule has 202 valence electrons. The number of methoxy groups -OCH3 is 2. The first-order valence-electron chi connectivity index (χ1n) is 13.5. The highest BCUT2D eigenvalue weighted by Crippen LogP contribution is 2.73. The number of ether oxygens (including phenoxy) is 2. The summed E-state index contributed by atoms with van der Waals surface area (Å²) in [5, 5.41) is 2.61. The number of carbonyl (C=O) groups excluding carboxylic acids is 3. The van der Waals surface area contributed by atoms with Crippen LogP contribution in [0, 0.1) is 11.8 Å². The first kappa shape index (κ1) is 25.0. The van der Waals surface area contributed by atoms with Crippen LogP contribution in [0.15, 0.2) is 109 Å². The SMILES string of the molecule is COc1ccc(C2=C(c3ccc(OC)cc3)[C@@]3(c4ccccc4)C(=O)[C@@]2(c2ccccc2)[C@H]2C(=O)NC(=O)[C@@H]23)cc1. The Balaban J connectivity index is 1.69. The summed E-state index contributed by atoms with van der Waals surface area (Å²) in [4.78, 5) is 43.1. The first-order chi connectivity index (χ1) is 20.0. The van der Waals surface area contributed by atoms with Gasteiger partial charge >= 0.3 is 0 Å². The van der Waals surface area contributed by atoms with E-state index in [1.54, 1.807) is 14.2 Å². The second-order valence-corrected chi connectivity index (χ2v) is 10.7. The molecule has 3 aliphatic rings. The van der Waals surface area contributed by atoms with Gasteiger partial charge in [-0.3, -0.25) is 19.7 Å². The normalized spacial score (nSPS) is 26.2. The maximum atomic E-state index is 15.5. The number of Topliss-reactive ketones (excluding diaryl/α,β-unsaturated/α-hetero) is 1. The Hall–Kier alpha value is -4.97. The maximum absolute atomic E-state index is 15.5. The van der Waals surface area contributed by atoms with E-state index in [2.05, 4.69) is 5.32 Å². The van der Waals surface area contributed by atoms with Gasteiger partial charge in [-0.05, 0) is 57.7 Å². The highest BCUT2D eigenvalue weighted by Gasteiger charge is 2.81. The molecule has 6 nitrogen and oxygen atoms in total. The highest BCUT2D eigenvalue weighted by atomic mass is 16.5. The van der Waals surface area contributed by atoms with Crippen molar-refractivity contribution in [1.29, 1.82) is 0 Å². The molecule has 41 heavy (non-hydrogen) atoms. The van der Waals surface area contributed by atoms with E-state index in [1.165, 1.54) is 0 Å². The summed E-state index contributed by atoms with van der Waals surface area (Å²) < 4.78 is 10.9. The van der Waals surface area contributed by atoms with Gasteiger partial charge in [-0.2, -0.15) is 0 Å². The molecule has 6 heteroatoms. The lowest BCUT2D eigenvalue weighted by Gasteiger charge is -2.39. The monoisotopic (exact) mass is 541 g/mol. The van der Waals surface area contributed by atoms with Crippen molar-refractivity contribution in [1.82, 2.24) is 5.32 Å². The molecule has 1 aliphatic heterocycles. The minimum absolute atomic E-state index is 0.155. The van der Waals surface area contributed by atoms with Crippen LogP contribution in [0.1, 0.15) is 22.3 Å². The molecule has 1 N–H and O–H groups in total. The van der Waals surface area contributed by atoms with Gasteiger partial charge in [0.1, 0.15) is 11.5 Å². The van der Waals surface area contributed by atoms with E-state index in [0.29, 0.717) is 22.6 Å². The lowest BCUT2D eigenvalue weighted by Crippen LogP contribution is -2.44. The van der Waals surface area contributed by atoms with Gasteiger partial charge in [0, 0.05) is 0 Å². The number of carbonyl (C=O) groups is 3. The van der Waals surface area contributed by atoms with Crippen LogP contribution in [0.2, 0.25) is 0 Å². The standard InChI is InChI=1S/C35H27NO5/c1-40-25-17-13-21(14-18-25)27-28(22-15-19-26(41-2)20-16-22)35(24-11-7-4-8-12-24)30-29(31(37)36-32(30)38)34(27,33(35)39)23-9-5-3-6-10-23/h3-20,29-30H,1-2H3,(H,36,37,38)/t29-,30-,34-,35-/m1/s1. The van der Waals surface area contributed by atoms with Gasteiger partial charge in [-0.1, -0.05) is 84.9 Å². The lowest BCUT2D eigenvalue weighted by atomic mass is 9.59. The third-order valence-electron chi connectivity index (χ3n) is 9.05. The molecule has 2 bridgehead atoms. The number of nitrogens with one attached hydrogen (secondary N) is 1. The number of benzene rings is 4. The van der Waals surface area contributed by atoms with Crippen LogP contribution < -0.4 is 14.8 Å². The van der Waals surface area contributed by atoms with Crippen molar-refractivity contribution in [2.45, 2.75) is 10.8 Å². The molecular formula is C35H27NO5. The predicted octanol–water partition coefficient (Wildman–Crippen LogP) is 4.98. The Morgan fingerprint density at radius 1 is 0.537 bits per heavy atom. The topological polar surface area (TPSA) is 81.7 Å². The smallest absolute Gasteiger partial charge is 0.232 e. The van der Waals surface area contributed by atoms with Gasteiger partial charge in [0.2, 0.25) is 11.8 Å². The van der Waals surface area contributed by atoms with Crippen LogP contribution in [-0.2, 0) is 25.2 Å². The van der Waals surface area contributed by atoms with Crippen molar-refractivity contribution in [3.05, 3.63) is 131 Å². The van der Waals surface area contributed by atoms with Gasteiger partial charge in [-0.25, -0.2) is 0 Å². The number of hydrogen-bond acceptors (Lipinski definition) is 5. The second-order valence-electron chi connectivity index (χ2n) is 10.7. The Bertz CT molecular complexity index is 1600. The number of ketones is 1. The van der Waals surface area contributed by atoms with Gasteiger partial charge in [0.05, 0.1) is 36.9 Å². The summed E-state index contributed by atoms with van der Waals surface area (Å²) in [7, 11) is 3.21. The van der Waals surface area contributed by atoms with E-state index >= 15 is 4.79 Å². The number of amides is 2. The lowest BCUT2D eigenvalue weighted by molar-refractivity contribution is -0.132. The van der Waals surface area contributed by atoms with Crippen molar-refractivity contribution >= 4 is 28.7 Å². The molecule has 0 unspecified atom stereocenters. The van der Waals surface area contributed by atoms with Gasteiger partial charge in [0.25, 0.3) is 0 Å². The van der Waals surface area contributed by atoms with E-state index in [0.717, 1.165) is 22.3 Å². The third-order valence-corrected chi connectivity index (χ3v) is 9.05. The van der Waals surface area contributed by atoms with Crippen LogP contribution in [0.25, 0.3) is 11.1 Å². The van der Waals surface area contributed by atoms with Gasteiger partial charge < -0.3 is 9.47 Å². The van der Waals surface area contributed by atoms with Crippen LogP contribution in [-0.4, -0.2) is 31.8 Å². The van der Waals surface area contributed by atoms with E-state index in [4.69, 9.17) is 9.47 Å². The van der Waals surface area contributed by atoms with Crippen molar-refractivity contribution in [3.8, 4) is 11.5 Å². The Kier molecular flexibility index (Phi) is 5.51. The van der Waals surface area contributed by atoms with E-state index in [-0.39, 0.29) is 5.78 Å².